The fourth-order valence-electron chi connectivity index (χ4n) is 1.14. The average molecular weight is 281 g/mol. The molecule has 0 saturated carbocycles. The van der Waals surface area contributed by atoms with Crippen LogP contribution in [0.1, 0.15) is 16.3 Å². The van der Waals surface area contributed by atoms with E-state index in [0.29, 0.717) is 6.54 Å². The summed E-state index contributed by atoms with van der Waals surface area (Å²) in [5.74, 6) is 7.65. The van der Waals surface area contributed by atoms with Gasteiger partial charge in [-0.15, -0.1) is 11.3 Å². The highest BCUT2D eigenvalue weighted by atomic mass is 32.2. The highest BCUT2D eigenvalue weighted by Crippen LogP contribution is 2.27. The van der Waals surface area contributed by atoms with Gasteiger partial charge >= 0.3 is 0 Å². The van der Waals surface area contributed by atoms with E-state index in [9.17, 15) is 0 Å². The van der Waals surface area contributed by atoms with Gasteiger partial charge in [-0.25, -0.2) is 4.98 Å². The molecule has 2 rings (SSSR count). The van der Waals surface area contributed by atoms with Gasteiger partial charge < -0.3 is 5.73 Å². The third kappa shape index (κ3) is 3.82. The standard InChI is InChI=1S/C11H11N3S3/c1-8-13-11(17-14-8)16-7-10-5-9(6-15-10)3-2-4-12/h5-6H,4,7,12H2,1H3. The second kappa shape index (κ2) is 6.17. The van der Waals surface area contributed by atoms with Crippen LogP contribution in [-0.2, 0) is 5.75 Å². The summed E-state index contributed by atoms with van der Waals surface area (Å²) in [5, 5.41) is 2.06. The molecule has 0 fully saturated rings. The first-order valence-electron chi connectivity index (χ1n) is 4.97. The Morgan fingerprint density at radius 2 is 2.41 bits per heavy atom. The van der Waals surface area contributed by atoms with Crippen molar-refractivity contribution in [2.24, 2.45) is 5.73 Å². The van der Waals surface area contributed by atoms with E-state index in [-0.39, 0.29) is 0 Å². The van der Waals surface area contributed by atoms with Crippen LogP contribution < -0.4 is 5.73 Å². The minimum Gasteiger partial charge on any atom is -0.320 e. The molecule has 0 radical (unpaired) electrons. The Morgan fingerprint density at radius 1 is 1.53 bits per heavy atom. The van der Waals surface area contributed by atoms with E-state index in [4.69, 9.17) is 5.73 Å². The number of aromatic nitrogens is 2. The molecule has 6 heteroatoms. The first-order chi connectivity index (χ1) is 8.28. The van der Waals surface area contributed by atoms with Crippen LogP contribution in [0.15, 0.2) is 15.8 Å². The Morgan fingerprint density at radius 3 is 3.12 bits per heavy atom. The SMILES string of the molecule is Cc1nsc(SCc2cc(C#CCN)cs2)n1. The van der Waals surface area contributed by atoms with Crippen LogP contribution in [0.5, 0.6) is 0 Å². The largest absolute Gasteiger partial charge is 0.320 e. The fourth-order valence-corrected chi connectivity index (χ4v) is 3.66. The van der Waals surface area contributed by atoms with Crippen molar-refractivity contribution in [3.63, 3.8) is 0 Å². The summed E-state index contributed by atoms with van der Waals surface area (Å²) >= 11 is 4.88. The van der Waals surface area contributed by atoms with E-state index in [1.165, 1.54) is 16.4 Å². The van der Waals surface area contributed by atoms with Crippen LogP contribution in [0.25, 0.3) is 0 Å². The van der Waals surface area contributed by atoms with Gasteiger partial charge in [-0.05, 0) is 24.5 Å². The van der Waals surface area contributed by atoms with Gasteiger partial charge in [0.2, 0.25) is 0 Å². The van der Waals surface area contributed by atoms with Crippen LogP contribution >= 0.6 is 34.6 Å². The molecule has 2 aromatic heterocycles. The summed E-state index contributed by atoms with van der Waals surface area (Å²) in [6.45, 7) is 2.32. The second-order valence-electron chi connectivity index (χ2n) is 3.20. The van der Waals surface area contributed by atoms with Crippen molar-refractivity contribution in [1.82, 2.24) is 9.36 Å². The van der Waals surface area contributed by atoms with Crippen LogP contribution in [0.4, 0.5) is 0 Å². The highest BCUT2D eigenvalue weighted by molar-refractivity contribution is 8.00. The fraction of sp³-hybridized carbons (Fsp3) is 0.273. The average Bonchev–Trinajstić information content (AvgIpc) is 2.93. The summed E-state index contributed by atoms with van der Waals surface area (Å²) < 4.78 is 5.17. The third-order valence-electron chi connectivity index (χ3n) is 1.84. The summed E-state index contributed by atoms with van der Waals surface area (Å²) in [5.41, 5.74) is 6.38. The number of thioether (sulfide) groups is 1. The normalized spacial score (nSPS) is 10.0. The van der Waals surface area contributed by atoms with Crippen molar-refractivity contribution in [1.29, 1.82) is 0 Å². The molecule has 3 nitrogen and oxygen atoms in total. The third-order valence-corrected chi connectivity index (χ3v) is 4.93. The molecular formula is C11H11N3S3. The maximum absolute atomic E-state index is 5.33. The number of thiophene rings is 1. The van der Waals surface area contributed by atoms with Gasteiger partial charge in [0.15, 0.2) is 4.34 Å². The lowest BCUT2D eigenvalue weighted by Gasteiger charge is -1.91. The van der Waals surface area contributed by atoms with Crippen molar-refractivity contribution in [2.75, 3.05) is 6.54 Å². The Balaban J connectivity index is 1.93. The molecule has 17 heavy (non-hydrogen) atoms. The number of aryl methyl sites for hydroxylation is 1. The lowest BCUT2D eigenvalue weighted by atomic mass is 10.3. The quantitative estimate of drug-likeness (QED) is 0.694. The summed E-state index contributed by atoms with van der Waals surface area (Å²) in [4.78, 5) is 5.61. The molecule has 2 heterocycles. The van der Waals surface area contributed by atoms with Crippen LogP contribution in [0.2, 0.25) is 0 Å². The van der Waals surface area contributed by atoms with E-state index >= 15 is 0 Å². The Kier molecular flexibility index (Phi) is 4.57. The maximum Gasteiger partial charge on any atom is 0.170 e. The van der Waals surface area contributed by atoms with Gasteiger partial charge in [0.05, 0.1) is 6.54 Å². The zero-order valence-electron chi connectivity index (χ0n) is 9.27. The maximum atomic E-state index is 5.33. The molecule has 0 amide bonds. The molecule has 0 aliphatic carbocycles. The number of hydrogen-bond donors (Lipinski definition) is 1. The summed E-state index contributed by atoms with van der Waals surface area (Å²) in [6, 6.07) is 2.11. The van der Waals surface area contributed by atoms with Gasteiger partial charge in [0.1, 0.15) is 5.82 Å². The topological polar surface area (TPSA) is 51.8 Å². The predicted molar refractivity (Wildman–Crippen MR) is 74.5 cm³/mol. The molecule has 88 valence electrons. The lowest BCUT2D eigenvalue weighted by Crippen LogP contribution is -1.92. The van der Waals surface area contributed by atoms with E-state index < -0.39 is 0 Å². The van der Waals surface area contributed by atoms with Crippen LogP contribution in [0, 0.1) is 18.8 Å². The van der Waals surface area contributed by atoms with Gasteiger partial charge in [0, 0.05) is 21.6 Å². The molecular weight excluding hydrogens is 270 g/mol. The van der Waals surface area contributed by atoms with E-state index in [1.807, 2.05) is 6.92 Å². The van der Waals surface area contributed by atoms with Crippen molar-refractivity contribution in [2.45, 2.75) is 17.0 Å². The molecule has 0 bridgehead atoms. The molecule has 0 aromatic carbocycles. The number of nitrogens with zero attached hydrogens (tertiary/aromatic N) is 2. The van der Waals surface area contributed by atoms with Gasteiger partial charge in [0.25, 0.3) is 0 Å². The monoisotopic (exact) mass is 281 g/mol. The molecule has 2 aromatic rings. The molecule has 0 spiro atoms. The van der Waals surface area contributed by atoms with Crippen LogP contribution in [0.3, 0.4) is 0 Å². The van der Waals surface area contributed by atoms with Crippen molar-refractivity contribution >= 4 is 34.6 Å². The van der Waals surface area contributed by atoms with E-state index in [0.717, 1.165) is 21.5 Å². The summed E-state index contributed by atoms with van der Waals surface area (Å²) in [6.07, 6.45) is 0. The highest BCUT2D eigenvalue weighted by Gasteiger charge is 2.03. The number of rotatable bonds is 3. The first kappa shape index (κ1) is 12.6. The number of nitrogens with two attached hydrogens (primary N) is 1. The predicted octanol–water partition coefficient (Wildman–Crippen LogP) is 2.51. The Labute approximate surface area is 113 Å². The minimum atomic E-state index is 0.407. The molecule has 0 aliphatic rings. The smallest absolute Gasteiger partial charge is 0.170 e. The van der Waals surface area contributed by atoms with Crippen molar-refractivity contribution in [3.8, 4) is 11.8 Å². The zero-order valence-corrected chi connectivity index (χ0v) is 11.7. The molecule has 0 atom stereocenters. The lowest BCUT2D eigenvalue weighted by molar-refractivity contribution is 1.10. The van der Waals surface area contributed by atoms with Crippen molar-refractivity contribution < 1.29 is 0 Å². The molecule has 0 saturated heterocycles. The van der Waals surface area contributed by atoms with Gasteiger partial charge in [-0.1, -0.05) is 23.6 Å². The van der Waals surface area contributed by atoms with Crippen LogP contribution in [-0.4, -0.2) is 15.9 Å². The molecule has 0 aliphatic heterocycles. The second-order valence-corrected chi connectivity index (χ2v) is 6.17. The van der Waals surface area contributed by atoms with E-state index in [2.05, 4.69) is 32.6 Å². The first-order valence-corrected chi connectivity index (χ1v) is 7.61. The number of hydrogen-bond acceptors (Lipinski definition) is 6. The van der Waals surface area contributed by atoms with Gasteiger partial charge in [-0.2, -0.15) is 4.37 Å². The Bertz CT molecular complexity index is 548. The summed E-state index contributed by atoms with van der Waals surface area (Å²) in [7, 11) is 0. The van der Waals surface area contributed by atoms with E-state index in [1.54, 1.807) is 23.1 Å². The molecule has 0 unspecified atom stereocenters. The Hall–Kier alpha value is -0.870. The van der Waals surface area contributed by atoms with Crippen molar-refractivity contribution in [3.05, 3.63) is 27.7 Å². The molecule has 2 N–H and O–H groups in total. The van der Waals surface area contributed by atoms with Gasteiger partial charge in [-0.3, -0.25) is 0 Å². The zero-order chi connectivity index (χ0) is 12.1. The minimum absolute atomic E-state index is 0.407.